The predicted octanol–water partition coefficient (Wildman–Crippen LogP) is 2.56. The Morgan fingerprint density at radius 1 is 1.20 bits per heavy atom. The normalized spacial score (nSPS) is 33.1. The van der Waals surface area contributed by atoms with Gasteiger partial charge in [0.25, 0.3) is 0 Å². The SMILES string of the molecule is C1=CC(/C=N/[C@@H]2CCCCNC2)CCC1. The molecular formula is C13H22N2. The fourth-order valence-corrected chi connectivity index (χ4v) is 2.32. The Morgan fingerprint density at radius 2 is 2.20 bits per heavy atom. The first-order valence-corrected chi connectivity index (χ1v) is 6.36. The molecule has 15 heavy (non-hydrogen) atoms. The van der Waals surface area contributed by atoms with Crippen LogP contribution in [0.5, 0.6) is 0 Å². The summed E-state index contributed by atoms with van der Waals surface area (Å²) >= 11 is 0. The number of nitrogens with one attached hydrogen (secondary N) is 1. The van der Waals surface area contributed by atoms with E-state index in [1.54, 1.807) is 0 Å². The summed E-state index contributed by atoms with van der Waals surface area (Å²) in [5.74, 6) is 0.613. The van der Waals surface area contributed by atoms with Gasteiger partial charge in [-0.3, -0.25) is 4.99 Å². The third-order valence-corrected chi connectivity index (χ3v) is 3.30. The average molecular weight is 206 g/mol. The lowest BCUT2D eigenvalue weighted by Crippen LogP contribution is -2.23. The van der Waals surface area contributed by atoms with Gasteiger partial charge >= 0.3 is 0 Å². The number of nitrogens with zero attached hydrogens (tertiary/aromatic N) is 1. The van der Waals surface area contributed by atoms with Gasteiger partial charge in [-0.1, -0.05) is 18.6 Å². The lowest BCUT2D eigenvalue weighted by atomic mass is 9.97. The van der Waals surface area contributed by atoms with Gasteiger partial charge in [0.1, 0.15) is 0 Å². The lowest BCUT2D eigenvalue weighted by Gasteiger charge is -2.13. The van der Waals surface area contributed by atoms with Crippen molar-refractivity contribution in [2.45, 2.75) is 44.6 Å². The number of allylic oxidation sites excluding steroid dienone is 2. The van der Waals surface area contributed by atoms with Gasteiger partial charge in [0, 0.05) is 18.7 Å². The highest BCUT2D eigenvalue weighted by atomic mass is 14.9. The Bertz CT molecular complexity index is 225. The highest BCUT2D eigenvalue weighted by molar-refractivity contribution is 5.63. The zero-order chi connectivity index (χ0) is 10.3. The van der Waals surface area contributed by atoms with E-state index in [0.29, 0.717) is 12.0 Å². The molecule has 0 aromatic heterocycles. The van der Waals surface area contributed by atoms with Gasteiger partial charge in [0.15, 0.2) is 0 Å². The van der Waals surface area contributed by atoms with Crippen molar-refractivity contribution in [1.82, 2.24) is 5.32 Å². The fraction of sp³-hybridized carbons (Fsp3) is 0.769. The van der Waals surface area contributed by atoms with Gasteiger partial charge in [-0.15, -0.1) is 0 Å². The first kappa shape index (κ1) is 10.9. The van der Waals surface area contributed by atoms with Crippen molar-refractivity contribution in [3.05, 3.63) is 12.2 Å². The first-order valence-electron chi connectivity index (χ1n) is 6.36. The van der Waals surface area contributed by atoms with Crippen LogP contribution in [-0.4, -0.2) is 25.3 Å². The molecule has 0 spiro atoms. The Kier molecular flexibility index (Phi) is 4.39. The van der Waals surface area contributed by atoms with Crippen molar-refractivity contribution >= 4 is 6.21 Å². The fourth-order valence-electron chi connectivity index (χ4n) is 2.32. The molecule has 0 aromatic rings. The van der Waals surface area contributed by atoms with Crippen molar-refractivity contribution in [2.75, 3.05) is 13.1 Å². The third kappa shape index (κ3) is 3.78. The maximum absolute atomic E-state index is 4.73. The minimum absolute atomic E-state index is 0.530. The Morgan fingerprint density at radius 3 is 3.07 bits per heavy atom. The van der Waals surface area contributed by atoms with E-state index in [9.17, 15) is 0 Å². The second kappa shape index (κ2) is 6.06. The Balaban J connectivity index is 1.80. The molecule has 0 amide bonds. The largest absolute Gasteiger partial charge is 0.315 e. The van der Waals surface area contributed by atoms with Crippen LogP contribution in [0.1, 0.15) is 38.5 Å². The van der Waals surface area contributed by atoms with E-state index in [1.165, 1.54) is 45.1 Å². The van der Waals surface area contributed by atoms with Crippen LogP contribution in [0.2, 0.25) is 0 Å². The smallest absolute Gasteiger partial charge is 0.0620 e. The summed E-state index contributed by atoms with van der Waals surface area (Å²) in [6.07, 6.45) is 14.6. The molecule has 1 saturated heterocycles. The first-order chi connectivity index (χ1) is 7.45. The topological polar surface area (TPSA) is 24.4 Å². The molecule has 2 heteroatoms. The molecule has 1 unspecified atom stereocenters. The summed E-state index contributed by atoms with van der Waals surface area (Å²) in [7, 11) is 0. The Labute approximate surface area is 92.9 Å². The van der Waals surface area contributed by atoms with Crippen LogP contribution in [0.25, 0.3) is 0 Å². The molecule has 1 aliphatic carbocycles. The Hall–Kier alpha value is -0.630. The quantitative estimate of drug-likeness (QED) is 0.545. The summed E-state index contributed by atoms with van der Waals surface area (Å²) in [5, 5.41) is 3.45. The molecule has 2 aliphatic rings. The number of hydrogen-bond acceptors (Lipinski definition) is 2. The molecule has 1 fully saturated rings. The second-order valence-corrected chi connectivity index (χ2v) is 4.67. The van der Waals surface area contributed by atoms with Crippen molar-refractivity contribution < 1.29 is 0 Å². The predicted molar refractivity (Wildman–Crippen MR) is 65.5 cm³/mol. The van der Waals surface area contributed by atoms with Gasteiger partial charge in [0.2, 0.25) is 0 Å². The molecule has 1 N–H and O–H groups in total. The van der Waals surface area contributed by atoms with E-state index in [0.717, 1.165) is 6.54 Å². The number of aliphatic imine (C=N–C) groups is 1. The standard InChI is InChI=1S/C13H22N2/c1-2-6-12(7-3-1)10-15-13-8-4-5-9-14-11-13/h2,6,10,12-14H,1,3-5,7-9,11H2/b15-10+/t12?,13-/m1/s1. The minimum atomic E-state index is 0.530. The van der Waals surface area contributed by atoms with Crippen molar-refractivity contribution in [3.8, 4) is 0 Å². The molecule has 2 atom stereocenters. The molecule has 1 heterocycles. The van der Waals surface area contributed by atoms with E-state index < -0.39 is 0 Å². The minimum Gasteiger partial charge on any atom is -0.315 e. The van der Waals surface area contributed by atoms with Crippen LogP contribution < -0.4 is 5.32 Å². The summed E-state index contributed by atoms with van der Waals surface area (Å²) in [6, 6.07) is 0.530. The summed E-state index contributed by atoms with van der Waals surface area (Å²) < 4.78 is 0. The van der Waals surface area contributed by atoms with Gasteiger partial charge in [0.05, 0.1) is 6.04 Å². The number of rotatable bonds is 2. The maximum Gasteiger partial charge on any atom is 0.0620 e. The van der Waals surface area contributed by atoms with Gasteiger partial charge in [-0.25, -0.2) is 0 Å². The molecular weight excluding hydrogens is 184 g/mol. The molecule has 1 aliphatic heterocycles. The van der Waals surface area contributed by atoms with Crippen LogP contribution in [0.4, 0.5) is 0 Å². The molecule has 0 saturated carbocycles. The van der Waals surface area contributed by atoms with E-state index in [2.05, 4.69) is 23.7 Å². The van der Waals surface area contributed by atoms with Crippen molar-refractivity contribution in [2.24, 2.45) is 10.9 Å². The highest BCUT2D eigenvalue weighted by Crippen LogP contribution is 2.16. The van der Waals surface area contributed by atoms with E-state index in [-0.39, 0.29) is 0 Å². The van der Waals surface area contributed by atoms with Crippen molar-refractivity contribution in [3.63, 3.8) is 0 Å². The zero-order valence-electron chi connectivity index (χ0n) is 9.49. The summed E-state index contributed by atoms with van der Waals surface area (Å²) in [4.78, 5) is 4.73. The van der Waals surface area contributed by atoms with Gasteiger partial charge in [-0.2, -0.15) is 0 Å². The highest BCUT2D eigenvalue weighted by Gasteiger charge is 2.10. The molecule has 2 nitrogen and oxygen atoms in total. The van der Waals surface area contributed by atoms with Crippen LogP contribution in [0.3, 0.4) is 0 Å². The second-order valence-electron chi connectivity index (χ2n) is 4.67. The summed E-state index contributed by atoms with van der Waals surface area (Å²) in [5.41, 5.74) is 0. The maximum atomic E-state index is 4.73. The molecule has 0 radical (unpaired) electrons. The monoisotopic (exact) mass is 206 g/mol. The molecule has 2 rings (SSSR count). The lowest BCUT2D eigenvalue weighted by molar-refractivity contribution is 0.595. The van der Waals surface area contributed by atoms with E-state index in [4.69, 9.17) is 4.99 Å². The average Bonchev–Trinajstić information content (AvgIpc) is 2.56. The number of hydrogen-bond donors (Lipinski definition) is 1. The van der Waals surface area contributed by atoms with Gasteiger partial charge < -0.3 is 5.32 Å². The molecule has 0 bridgehead atoms. The van der Waals surface area contributed by atoms with E-state index in [1.807, 2.05) is 0 Å². The van der Waals surface area contributed by atoms with Crippen LogP contribution >= 0.6 is 0 Å². The summed E-state index contributed by atoms with van der Waals surface area (Å²) in [6.45, 7) is 2.25. The van der Waals surface area contributed by atoms with Crippen molar-refractivity contribution in [1.29, 1.82) is 0 Å². The van der Waals surface area contributed by atoms with Gasteiger partial charge in [-0.05, 0) is 38.6 Å². The molecule has 84 valence electrons. The van der Waals surface area contributed by atoms with Crippen LogP contribution in [-0.2, 0) is 0 Å². The van der Waals surface area contributed by atoms with Crippen LogP contribution in [0, 0.1) is 5.92 Å². The third-order valence-electron chi connectivity index (χ3n) is 3.30. The molecule has 0 aromatic carbocycles. The van der Waals surface area contributed by atoms with E-state index >= 15 is 0 Å². The zero-order valence-corrected chi connectivity index (χ0v) is 9.49. The van der Waals surface area contributed by atoms with Crippen LogP contribution in [0.15, 0.2) is 17.1 Å².